The van der Waals surface area contributed by atoms with Crippen LogP contribution in [-0.2, 0) is 9.53 Å². The number of amides is 1. The summed E-state index contributed by atoms with van der Waals surface area (Å²) in [6.07, 6.45) is 0.466. The zero-order valence-electron chi connectivity index (χ0n) is 14.9. The van der Waals surface area contributed by atoms with E-state index in [2.05, 4.69) is 5.32 Å². The first-order valence-corrected chi connectivity index (χ1v) is 8.23. The fourth-order valence-electron chi connectivity index (χ4n) is 3.20. The first-order valence-electron chi connectivity index (χ1n) is 8.23. The van der Waals surface area contributed by atoms with Gasteiger partial charge in [0.1, 0.15) is 5.54 Å². The molecule has 6 nitrogen and oxygen atoms in total. The van der Waals surface area contributed by atoms with E-state index in [1.165, 1.54) is 7.11 Å². The number of methoxy groups -OCH3 is 3. The molecule has 0 unspecified atom stereocenters. The number of carbonyl (C=O) groups excluding carboxylic acids is 2. The molecular formula is C20H21NO5. The van der Waals surface area contributed by atoms with E-state index in [0.29, 0.717) is 23.5 Å². The zero-order chi connectivity index (χ0) is 18.7. The fourth-order valence-corrected chi connectivity index (χ4v) is 3.20. The molecule has 0 spiro atoms. The van der Waals surface area contributed by atoms with E-state index in [1.54, 1.807) is 44.6 Å². The van der Waals surface area contributed by atoms with Crippen LogP contribution in [0.2, 0.25) is 0 Å². The van der Waals surface area contributed by atoms with Gasteiger partial charge in [-0.3, -0.25) is 4.79 Å². The molecule has 0 saturated heterocycles. The van der Waals surface area contributed by atoms with E-state index >= 15 is 0 Å². The van der Waals surface area contributed by atoms with Gasteiger partial charge in [-0.1, -0.05) is 24.3 Å². The standard InChI is InChI=1S/C20H21NO5/c1-24-16-10-9-14(11-17(16)25-2)15-12-20(15,19(23)26-3)21-18(22)13-7-5-4-6-8-13/h4-11,15H,12H2,1-3H3,(H,21,22)/t15-,20+/m0/s1. The van der Waals surface area contributed by atoms with Gasteiger partial charge in [-0.2, -0.15) is 0 Å². The molecule has 1 saturated carbocycles. The predicted octanol–water partition coefficient (Wildman–Crippen LogP) is 2.53. The van der Waals surface area contributed by atoms with Crippen molar-refractivity contribution in [2.45, 2.75) is 17.9 Å². The van der Waals surface area contributed by atoms with Gasteiger partial charge in [0.2, 0.25) is 0 Å². The summed E-state index contributed by atoms with van der Waals surface area (Å²) in [5.74, 6) is 0.224. The molecule has 3 rings (SSSR count). The number of rotatable bonds is 6. The normalized spacial score (nSPS) is 20.8. The highest BCUT2D eigenvalue weighted by molar-refractivity contribution is 6.00. The van der Waals surface area contributed by atoms with Crippen LogP contribution in [0, 0.1) is 0 Å². The van der Waals surface area contributed by atoms with Gasteiger partial charge in [0.25, 0.3) is 5.91 Å². The van der Waals surface area contributed by atoms with Crippen molar-refractivity contribution in [3.63, 3.8) is 0 Å². The Balaban J connectivity index is 1.87. The van der Waals surface area contributed by atoms with Gasteiger partial charge in [-0.25, -0.2) is 4.79 Å². The maximum atomic E-state index is 12.6. The van der Waals surface area contributed by atoms with Crippen LogP contribution in [0.3, 0.4) is 0 Å². The lowest BCUT2D eigenvalue weighted by Crippen LogP contribution is -2.45. The van der Waals surface area contributed by atoms with Crippen molar-refractivity contribution in [1.29, 1.82) is 0 Å². The Hall–Kier alpha value is -3.02. The van der Waals surface area contributed by atoms with E-state index in [4.69, 9.17) is 14.2 Å². The smallest absolute Gasteiger partial charge is 0.332 e. The number of carbonyl (C=O) groups is 2. The Morgan fingerprint density at radius 1 is 1.00 bits per heavy atom. The summed E-state index contributed by atoms with van der Waals surface area (Å²) in [5.41, 5.74) is 0.302. The zero-order valence-corrected chi connectivity index (χ0v) is 14.9. The minimum atomic E-state index is -1.07. The summed E-state index contributed by atoms with van der Waals surface area (Å²) in [5, 5.41) is 2.86. The minimum Gasteiger partial charge on any atom is -0.493 e. The van der Waals surface area contributed by atoms with Gasteiger partial charge in [0, 0.05) is 11.5 Å². The van der Waals surface area contributed by atoms with Crippen molar-refractivity contribution < 1.29 is 23.8 Å². The van der Waals surface area contributed by atoms with Crippen molar-refractivity contribution in [2.75, 3.05) is 21.3 Å². The molecule has 1 aliphatic carbocycles. The second-order valence-corrected chi connectivity index (χ2v) is 6.15. The van der Waals surface area contributed by atoms with Crippen LogP contribution >= 0.6 is 0 Å². The molecule has 0 heterocycles. The average molecular weight is 355 g/mol. The summed E-state index contributed by atoms with van der Waals surface area (Å²) >= 11 is 0. The molecule has 2 atom stereocenters. The Kier molecular flexibility index (Phi) is 4.84. The van der Waals surface area contributed by atoms with Crippen LogP contribution < -0.4 is 14.8 Å². The summed E-state index contributed by atoms with van der Waals surface area (Å²) in [6.45, 7) is 0. The molecule has 2 aromatic carbocycles. The largest absolute Gasteiger partial charge is 0.493 e. The molecule has 1 amide bonds. The van der Waals surface area contributed by atoms with Crippen LogP contribution in [0.4, 0.5) is 0 Å². The quantitative estimate of drug-likeness (QED) is 0.806. The van der Waals surface area contributed by atoms with Gasteiger partial charge >= 0.3 is 5.97 Å². The molecule has 0 aliphatic heterocycles. The summed E-state index contributed by atoms with van der Waals surface area (Å²) in [4.78, 5) is 25.0. The van der Waals surface area contributed by atoms with E-state index < -0.39 is 11.5 Å². The third-order valence-electron chi connectivity index (χ3n) is 4.69. The molecule has 1 aliphatic rings. The van der Waals surface area contributed by atoms with E-state index in [9.17, 15) is 9.59 Å². The highest BCUT2D eigenvalue weighted by Gasteiger charge is 2.63. The highest BCUT2D eigenvalue weighted by Crippen LogP contribution is 2.53. The number of hydrogen-bond acceptors (Lipinski definition) is 5. The average Bonchev–Trinajstić information content (AvgIpc) is 3.42. The highest BCUT2D eigenvalue weighted by atomic mass is 16.5. The number of nitrogens with one attached hydrogen (secondary N) is 1. The SMILES string of the molecule is COC(=O)[C@@]1(NC(=O)c2ccccc2)C[C@H]1c1ccc(OC)c(OC)c1. The van der Waals surface area contributed by atoms with Gasteiger partial charge in [0.15, 0.2) is 11.5 Å². The molecule has 0 bridgehead atoms. The Bertz CT molecular complexity index is 820. The van der Waals surface area contributed by atoms with Crippen LogP contribution in [0.15, 0.2) is 48.5 Å². The first-order chi connectivity index (χ1) is 12.6. The number of benzene rings is 2. The second-order valence-electron chi connectivity index (χ2n) is 6.15. The van der Waals surface area contributed by atoms with Crippen molar-refractivity contribution >= 4 is 11.9 Å². The summed E-state index contributed by atoms with van der Waals surface area (Å²) in [7, 11) is 4.44. The second kappa shape index (κ2) is 7.07. The van der Waals surface area contributed by atoms with Crippen LogP contribution in [0.5, 0.6) is 11.5 Å². The van der Waals surface area contributed by atoms with E-state index in [-0.39, 0.29) is 11.8 Å². The summed E-state index contributed by atoms with van der Waals surface area (Å²) in [6, 6.07) is 14.3. The summed E-state index contributed by atoms with van der Waals surface area (Å²) < 4.78 is 15.5. The molecule has 0 aromatic heterocycles. The lowest BCUT2D eigenvalue weighted by molar-refractivity contribution is -0.144. The topological polar surface area (TPSA) is 73.9 Å². The van der Waals surface area contributed by atoms with Crippen molar-refractivity contribution in [1.82, 2.24) is 5.32 Å². The fraction of sp³-hybridized carbons (Fsp3) is 0.300. The molecule has 1 fully saturated rings. The molecular weight excluding hydrogens is 334 g/mol. The molecule has 136 valence electrons. The van der Waals surface area contributed by atoms with Crippen molar-refractivity contribution in [3.8, 4) is 11.5 Å². The number of ether oxygens (including phenoxy) is 3. The molecule has 26 heavy (non-hydrogen) atoms. The monoisotopic (exact) mass is 355 g/mol. The lowest BCUT2D eigenvalue weighted by atomic mass is 10.0. The number of hydrogen-bond donors (Lipinski definition) is 1. The van der Waals surface area contributed by atoms with Crippen LogP contribution in [0.25, 0.3) is 0 Å². The maximum absolute atomic E-state index is 12.6. The Labute approximate surface area is 152 Å². The Morgan fingerprint density at radius 3 is 2.31 bits per heavy atom. The molecule has 6 heteroatoms. The molecule has 0 radical (unpaired) electrons. The third kappa shape index (κ3) is 3.10. The molecule has 2 aromatic rings. The third-order valence-corrected chi connectivity index (χ3v) is 4.69. The maximum Gasteiger partial charge on any atom is 0.332 e. The first kappa shape index (κ1) is 17.8. The molecule has 1 N–H and O–H groups in total. The van der Waals surface area contributed by atoms with Crippen LogP contribution in [-0.4, -0.2) is 38.7 Å². The van der Waals surface area contributed by atoms with Gasteiger partial charge < -0.3 is 19.5 Å². The van der Waals surface area contributed by atoms with Gasteiger partial charge in [0.05, 0.1) is 21.3 Å². The van der Waals surface area contributed by atoms with Crippen molar-refractivity contribution in [3.05, 3.63) is 59.7 Å². The lowest BCUT2D eigenvalue weighted by Gasteiger charge is -2.18. The van der Waals surface area contributed by atoms with Crippen molar-refractivity contribution in [2.24, 2.45) is 0 Å². The van der Waals surface area contributed by atoms with E-state index in [0.717, 1.165) is 5.56 Å². The Morgan fingerprint density at radius 2 is 1.69 bits per heavy atom. The van der Waals surface area contributed by atoms with Gasteiger partial charge in [-0.05, 0) is 36.2 Å². The predicted molar refractivity (Wildman–Crippen MR) is 95.6 cm³/mol. The van der Waals surface area contributed by atoms with E-state index in [1.807, 2.05) is 18.2 Å². The van der Waals surface area contributed by atoms with Gasteiger partial charge in [-0.15, -0.1) is 0 Å². The van der Waals surface area contributed by atoms with Crippen LogP contribution in [0.1, 0.15) is 28.3 Å². The minimum absolute atomic E-state index is 0.192. The number of esters is 1.